The van der Waals surface area contributed by atoms with Gasteiger partial charge in [-0.05, 0) is 31.0 Å². The molecule has 114 valence electrons. The lowest BCUT2D eigenvalue weighted by Crippen LogP contribution is -2.35. The average molecular weight is 322 g/mol. The van der Waals surface area contributed by atoms with Crippen molar-refractivity contribution in [1.82, 2.24) is 0 Å². The molecule has 20 heavy (non-hydrogen) atoms. The summed E-state index contributed by atoms with van der Waals surface area (Å²) >= 11 is 0. The zero-order valence-corrected chi connectivity index (χ0v) is 13.1. The van der Waals surface area contributed by atoms with Crippen molar-refractivity contribution < 1.29 is 13.2 Å². The first-order valence-corrected chi connectivity index (χ1v) is 7.50. The third-order valence-corrected chi connectivity index (χ3v) is 3.75. The van der Waals surface area contributed by atoms with Gasteiger partial charge in [0.05, 0.1) is 10.9 Å². The number of carbonyl (C=O) groups excluding carboxylic acids is 1. The van der Waals surface area contributed by atoms with E-state index in [1.54, 1.807) is 19.1 Å². The molecule has 0 aliphatic carbocycles. The minimum Gasteiger partial charge on any atom is -0.325 e. The maximum absolute atomic E-state index is 11.7. The van der Waals surface area contributed by atoms with Gasteiger partial charge in [-0.3, -0.25) is 4.79 Å². The molecule has 1 aromatic carbocycles. The third kappa shape index (κ3) is 5.09. The summed E-state index contributed by atoms with van der Waals surface area (Å²) in [6, 6.07) is 3.92. The number of hydrogen-bond acceptors (Lipinski definition) is 4. The molecular weight excluding hydrogens is 302 g/mol. The van der Waals surface area contributed by atoms with Gasteiger partial charge in [-0.2, -0.15) is 0 Å². The number of halogens is 1. The molecule has 0 aliphatic rings. The number of nitrogens with two attached hydrogens (primary N) is 2. The monoisotopic (exact) mass is 321 g/mol. The van der Waals surface area contributed by atoms with Gasteiger partial charge in [0.1, 0.15) is 0 Å². The summed E-state index contributed by atoms with van der Waals surface area (Å²) in [5.41, 5.74) is 6.57. The van der Waals surface area contributed by atoms with E-state index in [-0.39, 0.29) is 23.2 Å². The van der Waals surface area contributed by atoms with Crippen LogP contribution in [0.15, 0.2) is 23.1 Å². The Morgan fingerprint density at radius 1 is 1.40 bits per heavy atom. The van der Waals surface area contributed by atoms with Gasteiger partial charge >= 0.3 is 0 Å². The third-order valence-electron chi connectivity index (χ3n) is 2.70. The first-order valence-electron chi connectivity index (χ1n) is 5.95. The van der Waals surface area contributed by atoms with Crippen LogP contribution in [0.5, 0.6) is 0 Å². The number of primary sulfonamides is 1. The predicted molar refractivity (Wildman–Crippen MR) is 81.3 cm³/mol. The minimum atomic E-state index is -3.80. The van der Waals surface area contributed by atoms with E-state index in [2.05, 4.69) is 5.32 Å². The molecule has 1 rings (SSSR count). The van der Waals surface area contributed by atoms with E-state index in [4.69, 9.17) is 10.9 Å². The van der Waals surface area contributed by atoms with Gasteiger partial charge in [-0.25, -0.2) is 13.6 Å². The molecule has 0 saturated carbocycles. The molecule has 5 N–H and O–H groups in total. The normalized spacial score (nSPS) is 12.4. The van der Waals surface area contributed by atoms with Crippen LogP contribution in [0.3, 0.4) is 0 Å². The van der Waals surface area contributed by atoms with Crippen molar-refractivity contribution in [2.75, 3.05) is 5.32 Å². The van der Waals surface area contributed by atoms with Crippen LogP contribution in [0.25, 0.3) is 0 Å². The number of sulfonamides is 1. The number of aryl methyl sites for hydroxylation is 1. The van der Waals surface area contributed by atoms with Gasteiger partial charge in [0.15, 0.2) is 0 Å². The quantitative estimate of drug-likeness (QED) is 0.753. The van der Waals surface area contributed by atoms with Gasteiger partial charge in [-0.1, -0.05) is 19.4 Å². The smallest absolute Gasteiger partial charge is 0.241 e. The molecule has 0 fully saturated rings. The summed E-state index contributed by atoms with van der Waals surface area (Å²) in [6.45, 7) is 3.56. The lowest BCUT2D eigenvalue weighted by molar-refractivity contribution is -0.117. The molecule has 0 radical (unpaired) electrons. The van der Waals surface area contributed by atoms with Crippen molar-refractivity contribution in [3.05, 3.63) is 23.8 Å². The fourth-order valence-corrected chi connectivity index (χ4v) is 2.47. The topological polar surface area (TPSA) is 115 Å². The molecule has 0 aliphatic heterocycles. The van der Waals surface area contributed by atoms with Crippen LogP contribution in [0.2, 0.25) is 0 Å². The van der Waals surface area contributed by atoms with Crippen LogP contribution >= 0.6 is 12.4 Å². The molecule has 0 heterocycles. The van der Waals surface area contributed by atoms with E-state index in [9.17, 15) is 13.2 Å². The number of hydrogen-bond donors (Lipinski definition) is 3. The van der Waals surface area contributed by atoms with Crippen molar-refractivity contribution in [2.24, 2.45) is 10.9 Å². The molecule has 1 amide bonds. The van der Waals surface area contributed by atoms with Gasteiger partial charge in [0, 0.05) is 5.69 Å². The maximum Gasteiger partial charge on any atom is 0.241 e. The summed E-state index contributed by atoms with van der Waals surface area (Å²) < 4.78 is 22.7. The Morgan fingerprint density at radius 2 is 2.00 bits per heavy atom. The first kappa shape index (κ1) is 18.9. The van der Waals surface area contributed by atoms with Crippen LogP contribution in [0.4, 0.5) is 5.69 Å². The standard InChI is InChI=1S/C12H19N3O3S.ClH/c1-3-4-10(13)12(16)15-9-6-5-8(2)11(7-9)19(14,17)18;/h5-7,10H,3-4,13H2,1-2H3,(H,15,16)(H2,14,17,18);1H. The van der Waals surface area contributed by atoms with Gasteiger partial charge in [0.2, 0.25) is 15.9 Å². The summed E-state index contributed by atoms with van der Waals surface area (Å²) in [4.78, 5) is 11.7. The molecule has 1 aromatic rings. The highest BCUT2D eigenvalue weighted by atomic mass is 35.5. The molecule has 6 nitrogen and oxygen atoms in total. The highest BCUT2D eigenvalue weighted by Crippen LogP contribution is 2.19. The fraction of sp³-hybridized carbons (Fsp3) is 0.417. The van der Waals surface area contributed by atoms with Crippen LogP contribution < -0.4 is 16.2 Å². The lowest BCUT2D eigenvalue weighted by atomic mass is 10.1. The van der Waals surface area contributed by atoms with Crippen LogP contribution in [0.1, 0.15) is 25.3 Å². The Bertz CT molecular complexity index is 575. The second kappa shape index (κ2) is 7.58. The number of nitrogens with one attached hydrogen (secondary N) is 1. The summed E-state index contributed by atoms with van der Waals surface area (Å²) in [7, 11) is -3.80. The highest BCUT2D eigenvalue weighted by Gasteiger charge is 2.15. The van der Waals surface area contributed by atoms with Crippen LogP contribution in [-0.4, -0.2) is 20.4 Å². The Morgan fingerprint density at radius 3 is 2.50 bits per heavy atom. The molecule has 0 aromatic heterocycles. The SMILES string of the molecule is CCCC(N)C(=O)Nc1ccc(C)c(S(N)(=O)=O)c1.Cl. The number of rotatable bonds is 5. The van der Waals surface area contributed by atoms with Crippen molar-refractivity contribution in [2.45, 2.75) is 37.6 Å². The van der Waals surface area contributed by atoms with Gasteiger partial charge in [-0.15, -0.1) is 12.4 Å². The van der Waals surface area contributed by atoms with E-state index >= 15 is 0 Å². The van der Waals surface area contributed by atoms with Crippen LogP contribution in [0, 0.1) is 6.92 Å². The van der Waals surface area contributed by atoms with E-state index in [0.717, 1.165) is 6.42 Å². The molecule has 1 unspecified atom stereocenters. The maximum atomic E-state index is 11.7. The first-order chi connectivity index (χ1) is 8.75. The fourth-order valence-electron chi connectivity index (χ4n) is 1.66. The number of carbonyl (C=O) groups is 1. The number of benzene rings is 1. The van der Waals surface area contributed by atoms with Crippen molar-refractivity contribution in [3.63, 3.8) is 0 Å². The van der Waals surface area contributed by atoms with E-state index < -0.39 is 16.1 Å². The molecule has 0 spiro atoms. The largest absolute Gasteiger partial charge is 0.325 e. The van der Waals surface area contributed by atoms with E-state index in [1.807, 2.05) is 6.92 Å². The summed E-state index contributed by atoms with van der Waals surface area (Å²) in [5, 5.41) is 7.68. The summed E-state index contributed by atoms with van der Waals surface area (Å²) in [6.07, 6.45) is 1.37. The minimum absolute atomic E-state index is 0. The van der Waals surface area contributed by atoms with Crippen molar-refractivity contribution in [1.29, 1.82) is 0 Å². The van der Waals surface area contributed by atoms with Crippen LogP contribution in [-0.2, 0) is 14.8 Å². The molecule has 0 bridgehead atoms. The Labute approximate surface area is 125 Å². The average Bonchev–Trinajstić information content (AvgIpc) is 2.30. The lowest BCUT2D eigenvalue weighted by Gasteiger charge is -2.12. The van der Waals surface area contributed by atoms with E-state index in [1.165, 1.54) is 6.07 Å². The molecule has 0 saturated heterocycles. The second-order valence-corrected chi connectivity index (χ2v) is 5.94. The molecular formula is C12H20ClN3O3S. The van der Waals surface area contributed by atoms with Gasteiger partial charge in [0.25, 0.3) is 0 Å². The molecule has 1 atom stereocenters. The Hall–Kier alpha value is -1.15. The molecule has 8 heteroatoms. The van der Waals surface area contributed by atoms with E-state index in [0.29, 0.717) is 17.7 Å². The summed E-state index contributed by atoms with van der Waals surface area (Å²) in [5.74, 6) is -0.342. The number of anilines is 1. The van der Waals surface area contributed by atoms with Gasteiger partial charge < -0.3 is 11.1 Å². The zero-order valence-electron chi connectivity index (χ0n) is 11.4. The van der Waals surface area contributed by atoms with Crippen molar-refractivity contribution >= 4 is 34.0 Å². The Kier molecular flexibility index (Phi) is 7.15. The predicted octanol–water partition coefficient (Wildman–Crippen LogP) is 1.13. The second-order valence-electron chi connectivity index (χ2n) is 4.41. The highest BCUT2D eigenvalue weighted by molar-refractivity contribution is 7.89. The Balaban J connectivity index is 0.00000361. The van der Waals surface area contributed by atoms with Crippen molar-refractivity contribution in [3.8, 4) is 0 Å². The zero-order chi connectivity index (χ0) is 14.6. The number of amides is 1.